The number of fused-ring (bicyclic) bond motifs is 1. The Labute approximate surface area is 174 Å². The van der Waals surface area contributed by atoms with E-state index in [2.05, 4.69) is 30.5 Å². The number of alkyl halides is 3. The number of hydrogen-bond acceptors (Lipinski definition) is 6. The predicted octanol–water partition coefficient (Wildman–Crippen LogP) is 2.91. The summed E-state index contributed by atoms with van der Waals surface area (Å²) in [5, 5.41) is 10.3. The molecule has 0 unspecified atom stereocenters. The molecule has 0 fully saturated rings. The van der Waals surface area contributed by atoms with Crippen molar-refractivity contribution in [2.45, 2.75) is 32.9 Å². The number of nitrogens with one attached hydrogen (secondary N) is 1. The molecule has 0 aliphatic rings. The second kappa shape index (κ2) is 7.78. The van der Waals surface area contributed by atoms with Crippen molar-refractivity contribution in [3.63, 3.8) is 0 Å². The van der Waals surface area contributed by atoms with Crippen LogP contribution in [0.2, 0.25) is 0 Å². The van der Waals surface area contributed by atoms with Gasteiger partial charge < -0.3 is 5.32 Å². The van der Waals surface area contributed by atoms with Gasteiger partial charge in [-0.3, -0.25) is 4.79 Å². The van der Waals surface area contributed by atoms with E-state index in [-0.39, 0.29) is 24.5 Å². The minimum Gasteiger partial charge on any atom is -0.325 e. The highest BCUT2D eigenvalue weighted by atomic mass is 19.4. The lowest BCUT2D eigenvalue weighted by Gasteiger charge is -2.10. The number of carbonyl (C=O) groups excluding carboxylic acids is 1. The molecule has 1 amide bonds. The van der Waals surface area contributed by atoms with E-state index in [1.54, 1.807) is 49.1 Å². The minimum atomic E-state index is -4.66. The molecule has 4 aromatic heterocycles. The molecule has 4 aromatic rings. The van der Waals surface area contributed by atoms with Crippen LogP contribution in [0.25, 0.3) is 11.6 Å². The largest absolute Gasteiger partial charge is 0.453 e. The van der Waals surface area contributed by atoms with Crippen molar-refractivity contribution in [2.24, 2.45) is 0 Å². The number of anilines is 1. The van der Waals surface area contributed by atoms with Crippen molar-refractivity contribution in [2.75, 3.05) is 5.32 Å². The molecule has 4 rings (SSSR count). The lowest BCUT2D eigenvalue weighted by Crippen LogP contribution is -2.14. The topological polar surface area (TPSA) is 103 Å². The van der Waals surface area contributed by atoms with Gasteiger partial charge in [0.25, 0.3) is 11.6 Å². The van der Waals surface area contributed by atoms with Gasteiger partial charge in [0.2, 0.25) is 5.91 Å². The first kappa shape index (κ1) is 20.4. The van der Waals surface area contributed by atoms with Gasteiger partial charge in [0.05, 0.1) is 11.9 Å². The molecule has 0 spiro atoms. The maximum absolute atomic E-state index is 12.9. The Balaban J connectivity index is 1.45. The number of rotatable bonds is 5. The second-order valence-corrected chi connectivity index (χ2v) is 6.81. The fraction of sp³-hybridized carbons (Fsp3) is 0.263. The summed E-state index contributed by atoms with van der Waals surface area (Å²) >= 11 is 0. The maximum Gasteiger partial charge on any atom is 0.453 e. The van der Waals surface area contributed by atoms with E-state index in [9.17, 15) is 18.0 Å². The lowest BCUT2D eigenvalue weighted by atomic mass is 10.1. The Morgan fingerprint density at radius 1 is 1.19 bits per heavy atom. The van der Waals surface area contributed by atoms with Crippen LogP contribution in [0.3, 0.4) is 0 Å². The molecule has 0 aromatic carbocycles. The molecule has 31 heavy (non-hydrogen) atoms. The van der Waals surface area contributed by atoms with Gasteiger partial charge in [-0.1, -0.05) is 0 Å². The minimum absolute atomic E-state index is 0.108. The first-order chi connectivity index (χ1) is 14.7. The number of halogens is 3. The third kappa shape index (κ3) is 4.22. The van der Waals surface area contributed by atoms with E-state index in [1.165, 1.54) is 6.20 Å². The summed E-state index contributed by atoms with van der Waals surface area (Å²) < 4.78 is 41.3. The molecule has 0 radical (unpaired) electrons. The van der Waals surface area contributed by atoms with E-state index >= 15 is 0 Å². The zero-order valence-electron chi connectivity index (χ0n) is 16.6. The molecule has 12 heteroatoms. The molecule has 0 aliphatic carbocycles. The third-order valence-electron chi connectivity index (χ3n) is 4.68. The fourth-order valence-corrected chi connectivity index (χ4v) is 3.15. The van der Waals surface area contributed by atoms with Gasteiger partial charge >= 0.3 is 6.18 Å². The molecule has 0 saturated heterocycles. The number of hydrogen-bond donors (Lipinski definition) is 1. The first-order valence-electron chi connectivity index (χ1n) is 9.28. The normalized spacial score (nSPS) is 11.8. The molecule has 160 valence electrons. The molecular formula is C19H17F3N8O. The molecule has 0 bridgehead atoms. The van der Waals surface area contributed by atoms with Gasteiger partial charge in [-0.2, -0.15) is 23.3 Å². The van der Waals surface area contributed by atoms with E-state index in [0.29, 0.717) is 28.5 Å². The van der Waals surface area contributed by atoms with Crippen molar-refractivity contribution in [3.05, 3.63) is 59.6 Å². The molecule has 4 heterocycles. The van der Waals surface area contributed by atoms with Gasteiger partial charge in [-0.25, -0.2) is 19.2 Å². The monoisotopic (exact) mass is 430 g/mol. The number of carbonyl (C=O) groups is 1. The zero-order chi connectivity index (χ0) is 22.2. The van der Waals surface area contributed by atoms with Gasteiger partial charge in [-0.05, 0) is 44.0 Å². The average molecular weight is 430 g/mol. The molecule has 0 aliphatic heterocycles. The van der Waals surface area contributed by atoms with Crippen molar-refractivity contribution >= 4 is 17.4 Å². The standard InChI is InChI=1S/C19H17F3N8O/c1-11-14(12(2)30-18(25-11)27-17(28-30)19(20,21)22)5-7-16(31)26-13-4-6-15(23-10-13)29-9-3-8-24-29/h3-4,6,8-10H,5,7H2,1-2H3,(H,26,31). The summed E-state index contributed by atoms with van der Waals surface area (Å²) in [5.74, 6) is -1.02. The van der Waals surface area contributed by atoms with Crippen LogP contribution in [-0.2, 0) is 17.4 Å². The van der Waals surface area contributed by atoms with Crippen LogP contribution in [-0.4, -0.2) is 40.3 Å². The number of nitrogens with zero attached hydrogens (tertiary/aromatic N) is 7. The van der Waals surface area contributed by atoms with Crippen LogP contribution in [0.15, 0.2) is 36.8 Å². The van der Waals surface area contributed by atoms with E-state index in [4.69, 9.17) is 0 Å². The average Bonchev–Trinajstić information content (AvgIpc) is 3.38. The van der Waals surface area contributed by atoms with Crippen molar-refractivity contribution in [3.8, 4) is 5.82 Å². The number of amides is 1. The fourth-order valence-electron chi connectivity index (χ4n) is 3.15. The summed E-state index contributed by atoms with van der Waals surface area (Å²) in [7, 11) is 0. The molecule has 9 nitrogen and oxygen atoms in total. The molecule has 0 saturated carbocycles. The quantitative estimate of drug-likeness (QED) is 0.522. The van der Waals surface area contributed by atoms with Crippen LogP contribution in [0.5, 0.6) is 0 Å². The molecular weight excluding hydrogens is 413 g/mol. The smallest absolute Gasteiger partial charge is 0.325 e. The number of aromatic nitrogens is 7. The van der Waals surface area contributed by atoms with Crippen LogP contribution in [0.4, 0.5) is 18.9 Å². The molecule has 0 atom stereocenters. The highest BCUT2D eigenvalue weighted by molar-refractivity contribution is 5.90. The summed E-state index contributed by atoms with van der Waals surface area (Å²) in [6, 6.07) is 5.20. The van der Waals surface area contributed by atoms with Crippen molar-refractivity contribution < 1.29 is 18.0 Å². The SMILES string of the molecule is Cc1nc2nc(C(F)(F)F)nn2c(C)c1CCC(=O)Nc1ccc(-n2cccn2)nc1. The Hall–Kier alpha value is -3.83. The number of aryl methyl sites for hydroxylation is 2. The second-order valence-electron chi connectivity index (χ2n) is 6.81. The van der Waals surface area contributed by atoms with Crippen molar-refractivity contribution in [1.29, 1.82) is 0 Å². The zero-order valence-corrected chi connectivity index (χ0v) is 16.6. The summed E-state index contributed by atoms with van der Waals surface area (Å²) in [4.78, 5) is 24.2. The summed E-state index contributed by atoms with van der Waals surface area (Å²) in [6.07, 6.45) is 0.644. The highest BCUT2D eigenvalue weighted by Gasteiger charge is 2.36. The van der Waals surface area contributed by atoms with Crippen LogP contribution >= 0.6 is 0 Å². The number of pyridine rings is 1. The van der Waals surface area contributed by atoms with E-state index < -0.39 is 12.0 Å². The summed E-state index contributed by atoms with van der Waals surface area (Å²) in [5.41, 5.74) is 2.13. The molecule has 1 N–H and O–H groups in total. The van der Waals surface area contributed by atoms with Gasteiger partial charge in [0, 0.05) is 30.2 Å². The van der Waals surface area contributed by atoms with Crippen LogP contribution in [0.1, 0.15) is 29.2 Å². The van der Waals surface area contributed by atoms with E-state index in [1.807, 2.05) is 0 Å². The van der Waals surface area contributed by atoms with Crippen LogP contribution < -0.4 is 5.32 Å². The first-order valence-corrected chi connectivity index (χ1v) is 9.28. The predicted molar refractivity (Wildman–Crippen MR) is 104 cm³/mol. The highest BCUT2D eigenvalue weighted by Crippen LogP contribution is 2.27. The van der Waals surface area contributed by atoms with Gasteiger partial charge in [-0.15, -0.1) is 5.10 Å². The lowest BCUT2D eigenvalue weighted by molar-refractivity contribution is -0.144. The van der Waals surface area contributed by atoms with Gasteiger partial charge in [0.15, 0.2) is 5.82 Å². The Morgan fingerprint density at radius 2 is 2.00 bits per heavy atom. The third-order valence-corrected chi connectivity index (χ3v) is 4.68. The van der Waals surface area contributed by atoms with Gasteiger partial charge in [0.1, 0.15) is 0 Å². The van der Waals surface area contributed by atoms with E-state index in [0.717, 1.165) is 4.52 Å². The maximum atomic E-state index is 12.9. The Morgan fingerprint density at radius 3 is 2.65 bits per heavy atom. The Bertz CT molecular complexity index is 1230. The summed E-state index contributed by atoms with van der Waals surface area (Å²) in [6.45, 7) is 3.29. The van der Waals surface area contributed by atoms with Crippen molar-refractivity contribution in [1.82, 2.24) is 34.3 Å². The van der Waals surface area contributed by atoms with Crippen LogP contribution in [0, 0.1) is 13.8 Å². The Kier molecular flexibility index (Phi) is 5.13.